The number of hydrogen-bond acceptors (Lipinski definition) is 12. The van der Waals surface area contributed by atoms with Crippen molar-refractivity contribution in [2.24, 2.45) is 17.6 Å². The number of aromatic nitrogens is 6. The van der Waals surface area contributed by atoms with Crippen LogP contribution in [0.1, 0.15) is 81.4 Å². The molecule has 6 aromatic rings. The lowest BCUT2D eigenvalue weighted by Crippen LogP contribution is -2.45. The van der Waals surface area contributed by atoms with Crippen molar-refractivity contribution in [1.82, 2.24) is 50.0 Å². The molecule has 1 aliphatic rings. The number of amides is 7. The highest BCUT2D eigenvalue weighted by Gasteiger charge is 2.30. The number of rotatable bonds is 26. The van der Waals surface area contributed by atoms with E-state index in [1.54, 1.807) is 54.9 Å². The second-order valence-corrected chi connectivity index (χ2v) is 18.7. The Labute approximate surface area is 436 Å². The lowest BCUT2D eigenvalue weighted by atomic mass is 9.89. The zero-order chi connectivity index (χ0) is 54.3. The van der Waals surface area contributed by atoms with E-state index in [0.717, 1.165) is 22.7 Å². The summed E-state index contributed by atoms with van der Waals surface area (Å²) in [5.74, 6) is -4.25. The van der Waals surface area contributed by atoms with Gasteiger partial charge in [0.05, 0.1) is 29.7 Å². The van der Waals surface area contributed by atoms with Crippen LogP contribution in [0.25, 0.3) is 28.3 Å². The van der Waals surface area contributed by atoms with Gasteiger partial charge in [0.2, 0.25) is 11.8 Å². The number of urea groups is 1. The number of nitrogens with two attached hydrogens (primary N) is 1. The van der Waals surface area contributed by atoms with Crippen molar-refractivity contribution < 1.29 is 47.1 Å². The Balaban J connectivity index is 0.996. The number of carbonyl (C=O) groups is 7. The van der Waals surface area contributed by atoms with E-state index in [0.29, 0.717) is 71.1 Å². The number of nitrogens with one attached hydrogen (secondary N) is 4. The van der Waals surface area contributed by atoms with E-state index >= 15 is 0 Å². The monoisotopic (exact) mass is 1040 g/mol. The van der Waals surface area contributed by atoms with Gasteiger partial charge in [-0.15, -0.1) is 0 Å². The summed E-state index contributed by atoms with van der Waals surface area (Å²) in [5.41, 5.74) is 9.68. The predicted molar refractivity (Wildman–Crippen MR) is 275 cm³/mol. The first-order valence-corrected chi connectivity index (χ1v) is 25.0. The summed E-state index contributed by atoms with van der Waals surface area (Å²) < 4.78 is 37.1. The molecule has 0 spiro atoms. The number of aryl methyl sites for hydroxylation is 1. The number of imidazole rings is 1. The summed E-state index contributed by atoms with van der Waals surface area (Å²) >= 11 is 0. The molecule has 5 heterocycles. The molecule has 22 heteroatoms. The van der Waals surface area contributed by atoms with Gasteiger partial charge in [-0.25, -0.2) is 32.9 Å². The summed E-state index contributed by atoms with van der Waals surface area (Å²) in [5, 5.41) is 12.4. The molecule has 2 atom stereocenters. The molecule has 7 amide bonds. The van der Waals surface area contributed by atoms with E-state index in [1.165, 1.54) is 29.4 Å². The van der Waals surface area contributed by atoms with Crippen molar-refractivity contribution >= 4 is 52.9 Å². The van der Waals surface area contributed by atoms with E-state index in [2.05, 4.69) is 31.0 Å². The van der Waals surface area contributed by atoms with Crippen molar-refractivity contribution in [3.8, 4) is 22.6 Å². The average molecular weight is 1040 g/mol. The highest BCUT2D eigenvalue weighted by Crippen LogP contribution is 2.30. The fraction of sp³-hybridized carbons (Fsp3) is 0.352. The number of anilines is 1. The molecule has 398 valence electrons. The molecule has 0 aliphatic carbocycles. The van der Waals surface area contributed by atoms with Crippen LogP contribution in [0.15, 0.2) is 97.5 Å². The predicted octanol–water partition coefficient (Wildman–Crippen LogP) is 6.74. The third-order valence-corrected chi connectivity index (χ3v) is 12.7. The van der Waals surface area contributed by atoms with Gasteiger partial charge in [0.1, 0.15) is 30.4 Å². The van der Waals surface area contributed by atoms with Gasteiger partial charge in [0.15, 0.2) is 11.4 Å². The molecule has 0 fully saturated rings. The number of ether oxygens (including phenoxy) is 1. The zero-order valence-electron chi connectivity index (χ0n) is 42.4. The summed E-state index contributed by atoms with van der Waals surface area (Å²) in [7, 11) is 0. The SMILES string of the molecule is Cc1cccc(-c2[nH]c(CN(CCc3c(F)cccc3F)C(=O)OCc3ccc(NC(=O)[C@H](CCCNC(N)=O)CC(=O)C(NC(=O)CCCCCN4C(=O)C=CC4=O)C(C)C)cc3)nc2-c2ccc3ncnn3c2)n1. The molecule has 7 rings (SSSR count). The van der Waals surface area contributed by atoms with Crippen molar-refractivity contribution in [3.05, 3.63) is 132 Å². The number of halogens is 2. The maximum absolute atomic E-state index is 14.9. The van der Waals surface area contributed by atoms with Gasteiger partial charge in [0, 0.05) is 79.3 Å². The van der Waals surface area contributed by atoms with Crippen LogP contribution in [0.5, 0.6) is 0 Å². The minimum absolute atomic E-state index is 0.118. The number of unbranched alkanes of at least 4 members (excludes halogenated alkanes) is 2. The Morgan fingerprint density at radius 2 is 1.62 bits per heavy atom. The second-order valence-electron chi connectivity index (χ2n) is 18.7. The normalized spacial score (nSPS) is 13.0. The number of ketones is 1. The fourth-order valence-electron chi connectivity index (χ4n) is 8.63. The number of pyridine rings is 2. The van der Waals surface area contributed by atoms with Crippen LogP contribution >= 0.6 is 0 Å². The molecule has 2 aromatic carbocycles. The quantitative estimate of drug-likeness (QED) is 0.0279. The summed E-state index contributed by atoms with van der Waals surface area (Å²) in [6, 6.07) is 17.6. The van der Waals surface area contributed by atoms with Crippen molar-refractivity contribution in [2.45, 2.75) is 91.3 Å². The molecule has 4 aromatic heterocycles. The highest BCUT2D eigenvalue weighted by atomic mass is 19.1. The van der Waals surface area contributed by atoms with Crippen molar-refractivity contribution in [1.29, 1.82) is 0 Å². The second kappa shape index (κ2) is 26.0. The maximum Gasteiger partial charge on any atom is 0.410 e. The largest absolute Gasteiger partial charge is 0.445 e. The van der Waals surface area contributed by atoms with Crippen LogP contribution in [0.4, 0.5) is 24.1 Å². The van der Waals surface area contributed by atoms with Crippen LogP contribution in [-0.2, 0) is 48.3 Å². The third kappa shape index (κ3) is 15.0. The minimum atomic E-state index is -0.887. The van der Waals surface area contributed by atoms with Crippen LogP contribution in [0.3, 0.4) is 0 Å². The number of nitrogens with zero attached hydrogens (tertiary/aromatic N) is 7. The number of Topliss-reactive ketones (excluding diaryl/α,β-unsaturated/α-hetero) is 1. The standard InChI is InChI=1S/C54H60F2N12O8/c1-33(2)49(65-46(70)15-5-4-6-26-67-47(71)22-23-48(67)72)43(69)28-36(11-9-25-58-53(57)74)52(73)62-38-19-16-35(17-20-38)31-76-54(75)66(27-24-39-40(55)12-8-13-41(39)56)30-44-63-50(37-18-21-45-59-32-60-68(45)29-37)51(64-44)42-14-7-10-34(3)61-42/h7-8,10,12-14,16-23,29,32-33,36,49H,4-6,9,11,15,24-28,30-31H2,1-3H3,(H,62,73)(H,63,64)(H,65,70)(H3,57,58,74)/t36-,49?/m1/s1. The Morgan fingerprint density at radius 1 is 0.882 bits per heavy atom. The Hall–Kier alpha value is -8.69. The lowest BCUT2D eigenvalue weighted by Gasteiger charge is -2.24. The minimum Gasteiger partial charge on any atom is -0.445 e. The van der Waals surface area contributed by atoms with E-state index in [-0.39, 0.29) is 93.5 Å². The van der Waals surface area contributed by atoms with Crippen LogP contribution < -0.4 is 21.7 Å². The molecule has 76 heavy (non-hydrogen) atoms. The molecular formula is C54H60F2N12O8. The summed E-state index contributed by atoms with van der Waals surface area (Å²) in [6.07, 6.45) is 6.65. The number of benzene rings is 2. The molecule has 0 saturated carbocycles. The van der Waals surface area contributed by atoms with Gasteiger partial charge in [-0.05, 0) is 99.0 Å². The molecule has 0 bridgehead atoms. The number of fused-ring (bicyclic) bond motifs is 1. The molecule has 20 nitrogen and oxygen atoms in total. The lowest BCUT2D eigenvalue weighted by molar-refractivity contribution is -0.137. The first-order chi connectivity index (χ1) is 36.5. The first-order valence-electron chi connectivity index (χ1n) is 25.0. The number of imide groups is 1. The molecule has 1 unspecified atom stereocenters. The smallest absolute Gasteiger partial charge is 0.410 e. The van der Waals surface area contributed by atoms with E-state index in [9.17, 15) is 42.3 Å². The third-order valence-electron chi connectivity index (χ3n) is 12.7. The number of aromatic amines is 1. The van der Waals surface area contributed by atoms with Gasteiger partial charge in [0.25, 0.3) is 11.8 Å². The number of primary amides is 1. The molecule has 0 saturated heterocycles. The number of H-pyrrole nitrogens is 1. The van der Waals surface area contributed by atoms with Crippen LogP contribution in [0, 0.1) is 30.4 Å². The van der Waals surface area contributed by atoms with Crippen molar-refractivity contribution in [3.63, 3.8) is 0 Å². The van der Waals surface area contributed by atoms with E-state index in [1.807, 2.05) is 31.2 Å². The Kier molecular flexibility index (Phi) is 18.8. The van der Waals surface area contributed by atoms with Crippen LogP contribution in [0.2, 0.25) is 0 Å². The average Bonchev–Trinajstić information content (AvgIpc) is 4.13. The van der Waals surface area contributed by atoms with Crippen molar-refractivity contribution in [2.75, 3.05) is 25.0 Å². The molecule has 6 N–H and O–H groups in total. The Morgan fingerprint density at radius 3 is 2.33 bits per heavy atom. The topological polar surface area (TPSA) is 269 Å². The van der Waals surface area contributed by atoms with Gasteiger partial charge < -0.3 is 36.3 Å². The van der Waals surface area contributed by atoms with Crippen LogP contribution in [-0.4, -0.2) is 107 Å². The first kappa shape index (κ1) is 55.1. The molecule has 0 radical (unpaired) electrons. The highest BCUT2D eigenvalue weighted by molar-refractivity contribution is 6.12. The Bertz CT molecular complexity index is 3060. The summed E-state index contributed by atoms with van der Waals surface area (Å²) in [4.78, 5) is 109. The fourth-order valence-corrected chi connectivity index (χ4v) is 8.63. The van der Waals surface area contributed by atoms with Gasteiger partial charge >= 0.3 is 12.1 Å². The number of carbonyl (C=O) groups excluding carboxylic acids is 7. The zero-order valence-corrected chi connectivity index (χ0v) is 42.4. The van der Waals surface area contributed by atoms with Gasteiger partial charge in [-0.2, -0.15) is 5.10 Å². The van der Waals surface area contributed by atoms with E-state index < -0.39 is 41.6 Å². The van der Waals surface area contributed by atoms with E-state index in [4.69, 9.17) is 20.4 Å². The number of hydrogen-bond donors (Lipinski definition) is 5. The molecular weight excluding hydrogens is 983 g/mol. The van der Waals surface area contributed by atoms with Gasteiger partial charge in [-0.3, -0.25) is 33.9 Å². The summed E-state index contributed by atoms with van der Waals surface area (Å²) in [6.45, 7) is 5.32. The molecule has 1 aliphatic heterocycles. The maximum atomic E-state index is 14.9. The van der Waals surface area contributed by atoms with Gasteiger partial charge in [-0.1, -0.05) is 44.5 Å².